The summed E-state index contributed by atoms with van der Waals surface area (Å²) in [5.74, 6) is 0.866. The van der Waals surface area contributed by atoms with E-state index in [1.54, 1.807) is 13.1 Å². The number of hydrogen-bond donors (Lipinski definition) is 1. The molecular formula is C10H10FN3OS. The number of hydrogen-bond acceptors (Lipinski definition) is 5. The Morgan fingerprint density at radius 2 is 2.19 bits per heavy atom. The third-order valence-corrected chi connectivity index (χ3v) is 2.67. The zero-order valence-electron chi connectivity index (χ0n) is 8.82. The Balaban J connectivity index is 2.58. The summed E-state index contributed by atoms with van der Waals surface area (Å²) in [6.07, 6.45) is 0. The first-order valence-corrected chi connectivity index (χ1v) is 5.33. The minimum atomic E-state index is -0.328. The summed E-state index contributed by atoms with van der Waals surface area (Å²) in [4.78, 5) is 0. The highest BCUT2D eigenvalue weighted by atomic mass is 32.1. The Hall–Kier alpha value is -1.69. The Bertz CT molecular complexity index is 501. The van der Waals surface area contributed by atoms with Crippen LogP contribution in [0.2, 0.25) is 0 Å². The molecule has 0 bridgehead atoms. The fourth-order valence-corrected chi connectivity index (χ4v) is 1.96. The van der Waals surface area contributed by atoms with Gasteiger partial charge in [0.2, 0.25) is 0 Å². The normalized spacial score (nSPS) is 10.2. The summed E-state index contributed by atoms with van der Waals surface area (Å²) >= 11 is 1.07. The van der Waals surface area contributed by atoms with Crippen molar-refractivity contribution in [2.24, 2.45) is 0 Å². The molecule has 2 rings (SSSR count). The Labute approximate surface area is 96.4 Å². The van der Waals surface area contributed by atoms with Crippen molar-refractivity contribution in [1.82, 2.24) is 8.75 Å². The van der Waals surface area contributed by atoms with Crippen LogP contribution in [0.25, 0.3) is 11.3 Å². The highest BCUT2D eigenvalue weighted by Crippen LogP contribution is 2.33. The van der Waals surface area contributed by atoms with Crippen LogP contribution in [-0.2, 0) is 0 Å². The predicted octanol–water partition coefficient (Wildman–Crippen LogP) is 2.39. The zero-order chi connectivity index (χ0) is 11.5. The van der Waals surface area contributed by atoms with Gasteiger partial charge in [-0.25, -0.2) is 4.39 Å². The molecule has 0 saturated carbocycles. The molecule has 0 atom stereocenters. The first-order chi connectivity index (χ1) is 7.76. The second-order valence-corrected chi connectivity index (χ2v) is 3.58. The van der Waals surface area contributed by atoms with E-state index in [1.165, 1.54) is 19.2 Å². The fraction of sp³-hybridized carbons (Fsp3) is 0.200. The van der Waals surface area contributed by atoms with Crippen molar-refractivity contribution in [3.05, 3.63) is 24.0 Å². The third kappa shape index (κ3) is 1.83. The SMILES string of the molecule is CNc1nsnc1-c1cc(F)ccc1OC. The van der Waals surface area contributed by atoms with Crippen LogP contribution < -0.4 is 10.1 Å². The lowest BCUT2D eigenvalue weighted by Gasteiger charge is -2.07. The maximum absolute atomic E-state index is 13.2. The van der Waals surface area contributed by atoms with Gasteiger partial charge < -0.3 is 10.1 Å². The van der Waals surface area contributed by atoms with E-state index in [9.17, 15) is 4.39 Å². The first-order valence-electron chi connectivity index (χ1n) is 4.60. The van der Waals surface area contributed by atoms with Gasteiger partial charge in [-0.1, -0.05) is 0 Å². The van der Waals surface area contributed by atoms with Crippen LogP contribution >= 0.6 is 11.7 Å². The van der Waals surface area contributed by atoms with Crippen molar-refractivity contribution in [3.8, 4) is 17.0 Å². The van der Waals surface area contributed by atoms with Crippen molar-refractivity contribution in [1.29, 1.82) is 0 Å². The number of benzene rings is 1. The number of ether oxygens (including phenoxy) is 1. The lowest BCUT2D eigenvalue weighted by molar-refractivity contribution is 0.415. The number of anilines is 1. The minimum absolute atomic E-state index is 0.328. The molecule has 0 spiro atoms. The lowest BCUT2D eigenvalue weighted by Crippen LogP contribution is -1.94. The van der Waals surface area contributed by atoms with Crippen LogP contribution in [0.4, 0.5) is 10.2 Å². The van der Waals surface area contributed by atoms with Gasteiger partial charge in [0.1, 0.15) is 17.3 Å². The average Bonchev–Trinajstić information content (AvgIpc) is 2.76. The van der Waals surface area contributed by atoms with Gasteiger partial charge in [-0.15, -0.1) is 0 Å². The van der Waals surface area contributed by atoms with Gasteiger partial charge >= 0.3 is 0 Å². The Morgan fingerprint density at radius 1 is 1.38 bits per heavy atom. The lowest BCUT2D eigenvalue weighted by atomic mass is 10.1. The third-order valence-electron chi connectivity index (χ3n) is 2.14. The quantitative estimate of drug-likeness (QED) is 0.893. The van der Waals surface area contributed by atoms with E-state index in [4.69, 9.17) is 4.74 Å². The standard InChI is InChI=1S/C10H10FN3OS/c1-12-10-9(13-16-14-10)7-5-6(11)3-4-8(7)15-2/h3-5H,1-2H3,(H,12,14). The van der Waals surface area contributed by atoms with Crippen LogP contribution in [-0.4, -0.2) is 22.9 Å². The molecule has 1 heterocycles. The van der Waals surface area contributed by atoms with Crippen molar-refractivity contribution in [3.63, 3.8) is 0 Å². The van der Waals surface area contributed by atoms with E-state index in [2.05, 4.69) is 14.1 Å². The number of nitrogens with zero attached hydrogens (tertiary/aromatic N) is 2. The number of aromatic nitrogens is 2. The minimum Gasteiger partial charge on any atom is -0.496 e. The molecule has 0 saturated heterocycles. The fourth-order valence-electron chi connectivity index (χ4n) is 1.39. The molecule has 2 aromatic rings. The van der Waals surface area contributed by atoms with Crippen LogP contribution in [0.3, 0.4) is 0 Å². The molecule has 1 aromatic heterocycles. The van der Waals surface area contributed by atoms with Gasteiger partial charge in [0.15, 0.2) is 5.82 Å². The van der Waals surface area contributed by atoms with Gasteiger partial charge in [0, 0.05) is 7.05 Å². The summed E-state index contributed by atoms with van der Waals surface area (Å²) < 4.78 is 26.5. The van der Waals surface area contributed by atoms with Crippen molar-refractivity contribution in [2.45, 2.75) is 0 Å². The molecule has 1 N–H and O–H groups in total. The highest BCUT2D eigenvalue weighted by Gasteiger charge is 2.14. The van der Waals surface area contributed by atoms with Crippen molar-refractivity contribution < 1.29 is 9.13 Å². The van der Waals surface area contributed by atoms with E-state index in [1.807, 2.05) is 0 Å². The van der Waals surface area contributed by atoms with Crippen molar-refractivity contribution >= 4 is 17.5 Å². The van der Waals surface area contributed by atoms with Crippen LogP contribution in [0.5, 0.6) is 5.75 Å². The monoisotopic (exact) mass is 239 g/mol. The van der Waals surface area contributed by atoms with Gasteiger partial charge in [-0.05, 0) is 18.2 Å². The van der Waals surface area contributed by atoms with E-state index >= 15 is 0 Å². The highest BCUT2D eigenvalue weighted by molar-refractivity contribution is 6.99. The Morgan fingerprint density at radius 3 is 2.88 bits per heavy atom. The molecule has 0 aliphatic heterocycles. The number of methoxy groups -OCH3 is 1. The number of rotatable bonds is 3. The van der Waals surface area contributed by atoms with Crippen LogP contribution in [0.15, 0.2) is 18.2 Å². The predicted molar refractivity (Wildman–Crippen MR) is 61.4 cm³/mol. The van der Waals surface area contributed by atoms with Crippen molar-refractivity contribution in [2.75, 3.05) is 19.5 Å². The summed E-state index contributed by atoms with van der Waals surface area (Å²) in [5.41, 5.74) is 1.20. The molecule has 6 heteroatoms. The van der Waals surface area contributed by atoms with E-state index in [0.29, 0.717) is 22.8 Å². The van der Waals surface area contributed by atoms with Gasteiger partial charge in [0.05, 0.1) is 24.4 Å². The second kappa shape index (κ2) is 4.44. The molecule has 1 aromatic carbocycles. The number of nitrogens with one attached hydrogen (secondary N) is 1. The molecule has 4 nitrogen and oxygen atoms in total. The second-order valence-electron chi connectivity index (χ2n) is 3.06. The molecule has 0 fully saturated rings. The first kappa shape index (κ1) is 10.8. The average molecular weight is 239 g/mol. The summed E-state index contributed by atoms with van der Waals surface area (Å²) in [5, 5.41) is 2.90. The van der Waals surface area contributed by atoms with E-state index < -0.39 is 0 Å². The summed E-state index contributed by atoms with van der Waals surface area (Å²) in [6.45, 7) is 0. The van der Waals surface area contributed by atoms with E-state index in [0.717, 1.165) is 11.7 Å². The summed E-state index contributed by atoms with van der Waals surface area (Å²) in [6, 6.07) is 4.31. The molecule has 0 unspecified atom stereocenters. The van der Waals surface area contributed by atoms with Gasteiger partial charge in [-0.3, -0.25) is 0 Å². The summed E-state index contributed by atoms with van der Waals surface area (Å²) in [7, 11) is 3.28. The topological polar surface area (TPSA) is 47.0 Å². The largest absolute Gasteiger partial charge is 0.496 e. The van der Waals surface area contributed by atoms with E-state index in [-0.39, 0.29) is 5.82 Å². The molecule has 0 aliphatic carbocycles. The number of halogens is 1. The van der Waals surface area contributed by atoms with Gasteiger partial charge in [-0.2, -0.15) is 8.75 Å². The molecule has 84 valence electrons. The van der Waals surface area contributed by atoms with Gasteiger partial charge in [0.25, 0.3) is 0 Å². The smallest absolute Gasteiger partial charge is 0.168 e. The van der Waals surface area contributed by atoms with Crippen LogP contribution in [0.1, 0.15) is 0 Å². The molecule has 0 amide bonds. The molecule has 0 aliphatic rings. The zero-order valence-corrected chi connectivity index (χ0v) is 9.64. The molecule has 16 heavy (non-hydrogen) atoms. The maximum Gasteiger partial charge on any atom is 0.168 e. The van der Waals surface area contributed by atoms with Crippen LogP contribution in [0, 0.1) is 5.82 Å². The Kier molecular flexibility index (Phi) is 3.00. The maximum atomic E-state index is 13.2. The molecular weight excluding hydrogens is 229 g/mol. The molecule has 0 radical (unpaired) electrons.